The number of ether oxygens (including phenoxy) is 6. The number of carbonyl (C=O) groups excluding carboxylic acids is 4. The number of rotatable bonds is 11. The fraction of sp³-hybridized carbons (Fsp3) is 0.684. The van der Waals surface area contributed by atoms with Crippen LogP contribution in [0.3, 0.4) is 0 Å². The Balaban J connectivity index is 2.68. The van der Waals surface area contributed by atoms with Gasteiger partial charge < -0.3 is 28.4 Å². The Kier molecular flexibility index (Phi) is 10.9. The van der Waals surface area contributed by atoms with Crippen LogP contribution < -0.4 is 0 Å². The van der Waals surface area contributed by atoms with Gasteiger partial charge in [-0.05, 0) is 26.2 Å². The summed E-state index contributed by atoms with van der Waals surface area (Å²) in [4.78, 5) is 48.3. The molecular weight excluding hydrogens is 388 g/mol. The van der Waals surface area contributed by atoms with E-state index >= 15 is 0 Å². The molecule has 0 N–H and O–H groups in total. The molecule has 1 aliphatic carbocycles. The zero-order valence-corrected chi connectivity index (χ0v) is 17.0. The topological polar surface area (TPSA) is 124 Å². The van der Waals surface area contributed by atoms with E-state index in [0.717, 1.165) is 0 Å². The van der Waals surface area contributed by atoms with Crippen LogP contribution in [-0.4, -0.2) is 64.9 Å². The standard InChI is InChI=1S/C19H28O10/c1-12(2)16(20)26-7-8-27-18(22)14-6-5-13(17(21)28-10-24-3)9-15(14)19(23)29-11-25-4/h13-15H,1,5-11H2,2-4H3. The highest BCUT2D eigenvalue weighted by Crippen LogP contribution is 2.36. The van der Waals surface area contributed by atoms with E-state index in [2.05, 4.69) is 6.58 Å². The van der Waals surface area contributed by atoms with E-state index < -0.39 is 41.6 Å². The summed E-state index contributed by atoms with van der Waals surface area (Å²) in [5, 5.41) is 0. The van der Waals surface area contributed by atoms with Gasteiger partial charge in [-0.3, -0.25) is 14.4 Å². The summed E-state index contributed by atoms with van der Waals surface area (Å²) in [5.41, 5.74) is 0.232. The first-order chi connectivity index (χ1) is 13.8. The lowest BCUT2D eigenvalue weighted by molar-refractivity contribution is -0.174. The first-order valence-electron chi connectivity index (χ1n) is 9.12. The molecule has 1 fully saturated rings. The Morgan fingerprint density at radius 1 is 0.793 bits per heavy atom. The number of hydrogen-bond acceptors (Lipinski definition) is 10. The van der Waals surface area contributed by atoms with Gasteiger partial charge in [-0.1, -0.05) is 6.58 Å². The normalized spacial score (nSPS) is 21.0. The van der Waals surface area contributed by atoms with Gasteiger partial charge in [0.15, 0.2) is 13.6 Å². The van der Waals surface area contributed by atoms with Crippen LogP contribution in [0.4, 0.5) is 0 Å². The Labute approximate surface area is 169 Å². The first kappa shape index (κ1) is 24.6. The van der Waals surface area contributed by atoms with Crippen LogP contribution in [0.5, 0.6) is 0 Å². The van der Waals surface area contributed by atoms with Gasteiger partial charge in [0.25, 0.3) is 0 Å². The number of methoxy groups -OCH3 is 2. The maximum atomic E-state index is 12.5. The van der Waals surface area contributed by atoms with Gasteiger partial charge in [-0.25, -0.2) is 4.79 Å². The third-order valence-electron chi connectivity index (χ3n) is 4.34. The number of hydrogen-bond donors (Lipinski definition) is 0. The third kappa shape index (κ3) is 8.20. The quantitative estimate of drug-likeness (QED) is 0.158. The van der Waals surface area contributed by atoms with E-state index in [4.69, 9.17) is 28.4 Å². The zero-order chi connectivity index (χ0) is 21.8. The predicted octanol–water partition coefficient (Wildman–Crippen LogP) is 0.976. The molecule has 0 spiro atoms. The van der Waals surface area contributed by atoms with Crippen molar-refractivity contribution in [1.29, 1.82) is 0 Å². The second-order valence-corrected chi connectivity index (χ2v) is 6.55. The molecule has 1 rings (SSSR count). The molecule has 3 unspecified atom stereocenters. The van der Waals surface area contributed by atoms with E-state index in [0.29, 0.717) is 6.42 Å². The molecule has 0 aromatic rings. The molecular formula is C19H28O10. The van der Waals surface area contributed by atoms with E-state index in [-0.39, 0.29) is 45.2 Å². The molecule has 1 aliphatic rings. The molecule has 0 saturated heterocycles. The van der Waals surface area contributed by atoms with Gasteiger partial charge in [0.05, 0.1) is 17.8 Å². The van der Waals surface area contributed by atoms with Gasteiger partial charge in [-0.15, -0.1) is 0 Å². The average Bonchev–Trinajstić information content (AvgIpc) is 2.72. The SMILES string of the molecule is C=C(C)C(=O)OCCOC(=O)C1CCC(C(=O)OCOC)CC1C(=O)OCOC. The number of carbonyl (C=O) groups is 4. The van der Waals surface area contributed by atoms with Crippen molar-refractivity contribution in [3.63, 3.8) is 0 Å². The van der Waals surface area contributed by atoms with Gasteiger partial charge in [-0.2, -0.15) is 0 Å². The molecule has 3 atom stereocenters. The van der Waals surface area contributed by atoms with Crippen molar-refractivity contribution in [3.8, 4) is 0 Å². The third-order valence-corrected chi connectivity index (χ3v) is 4.34. The van der Waals surface area contributed by atoms with Crippen LogP contribution >= 0.6 is 0 Å². The lowest BCUT2D eigenvalue weighted by Gasteiger charge is -2.32. The van der Waals surface area contributed by atoms with Crippen LogP contribution in [0.25, 0.3) is 0 Å². The smallest absolute Gasteiger partial charge is 0.333 e. The molecule has 164 valence electrons. The van der Waals surface area contributed by atoms with Crippen LogP contribution in [0.1, 0.15) is 26.2 Å². The zero-order valence-electron chi connectivity index (χ0n) is 17.0. The Morgan fingerprint density at radius 3 is 1.93 bits per heavy atom. The molecule has 0 aromatic heterocycles. The van der Waals surface area contributed by atoms with Crippen LogP contribution in [0, 0.1) is 17.8 Å². The van der Waals surface area contributed by atoms with Crippen molar-refractivity contribution in [3.05, 3.63) is 12.2 Å². The minimum atomic E-state index is -0.885. The largest absolute Gasteiger partial charge is 0.462 e. The molecule has 0 radical (unpaired) electrons. The molecule has 29 heavy (non-hydrogen) atoms. The molecule has 0 amide bonds. The fourth-order valence-electron chi connectivity index (χ4n) is 2.89. The predicted molar refractivity (Wildman–Crippen MR) is 97.0 cm³/mol. The van der Waals surface area contributed by atoms with Gasteiger partial charge in [0.1, 0.15) is 13.2 Å². The first-order valence-corrected chi connectivity index (χ1v) is 9.12. The summed E-state index contributed by atoms with van der Waals surface area (Å²) < 4.78 is 29.4. The highest BCUT2D eigenvalue weighted by Gasteiger charge is 2.43. The van der Waals surface area contributed by atoms with Crippen LogP contribution in [0.2, 0.25) is 0 Å². The average molecular weight is 416 g/mol. The molecule has 0 bridgehead atoms. The lowest BCUT2D eigenvalue weighted by atomic mass is 9.74. The molecule has 0 aliphatic heterocycles. The van der Waals surface area contributed by atoms with Crippen LogP contribution in [-0.2, 0) is 47.6 Å². The summed E-state index contributed by atoms with van der Waals surface area (Å²) >= 11 is 0. The Hall–Kier alpha value is -2.46. The van der Waals surface area contributed by atoms with Crippen molar-refractivity contribution in [1.82, 2.24) is 0 Å². The highest BCUT2D eigenvalue weighted by atomic mass is 16.7. The fourth-order valence-corrected chi connectivity index (χ4v) is 2.89. The van der Waals surface area contributed by atoms with Gasteiger partial charge >= 0.3 is 23.9 Å². The number of esters is 4. The van der Waals surface area contributed by atoms with Crippen molar-refractivity contribution >= 4 is 23.9 Å². The van der Waals surface area contributed by atoms with Crippen LogP contribution in [0.15, 0.2) is 12.2 Å². The second-order valence-electron chi connectivity index (χ2n) is 6.55. The maximum Gasteiger partial charge on any atom is 0.333 e. The second kappa shape index (κ2) is 12.9. The molecule has 1 saturated carbocycles. The highest BCUT2D eigenvalue weighted by molar-refractivity contribution is 5.87. The minimum Gasteiger partial charge on any atom is -0.462 e. The van der Waals surface area contributed by atoms with Crippen molar-refractivity contribution in [2.24, 2.45) is 17.8 Å². The van der Waals surface area contributed by atoms with Crippen molar-refractivity contribution in [2.75, 3.05) is 41.0 Å². The summed E-state index contributed by atoms with van der Waals surface area (Å²) in [6.07, 6.45) is 0.667. The van der Waals surface area contributed by atoms with Crippen molar-refractivity contribution < 1.29 is 47.6 Å². The van der Waals surface area contributed by atoms with Crippen molar-refractivity contribution in [2.45, 2.75) is 26.2 Å². The molecule has 0 aromatic carbocycles. The maximum absolute atomic E-state index is 12.5. The van der Waals surface area contributed by atoms with E-state index in [1.807, 2.05) is 0 Å². The lowest BCUT2D eigenvalue weighted by Crippen LogP contribution is -2.40. The molecule has 10 heteroatoms. The van der Waals surface area contributed by atoms with Gasteiger partial charge in [0.2, 0.25) is 0 Å². The summed E-state index contributed by atoms with van der Waals surface area (Å²) in [6, 6.07) is 0. The minimum absolute atomic E-state index is 0.0789. The monoisotopic (exact) mass is 416 g/mol. The summed E-state index contributed by atoms with van der Waals surface area (Å²) in [7, 11) is 2.75. The molecule has 0 heterocycles. The van der Waals surface area contributed by atoms with E-state index in [1.165, 1.54) is 21.1 Å². The van der Waals surface area contributed by atoms with E-state index in [1.54, 1.807) is 0 Å². The Bertz CT molecular complexity index is 600. The Morgan fingerprint density at radius 2 is 1.34 bits per heavy atom. The summed E-state index contributed by atoms with van der Waals surface area (Å²) in [5.74, 6) is -4.61. The van der Waals surface area contributed by atoms with E-state index in [9.17, 15) is 19.2 Å². The van der Waals surface area contributed by atoms with Gasteiger partial charge in [0, 0.05) is 19.8 Å². The summed E-state index contributed by atoms with van der Waals surface area (Å²) in [6.45, 7) is 4.19. The molecule has 10 nitrogen and oxygen atoms in total.